The minimum absolute atomic E-state index is 0.153. The van der Waals surface area contributed by atoms with Crippen LogP contribution >= 0.6 is 0 Å². The minimum Gasteiger partial charge on any atom is -0.171 e. The molecular formula is C7H12F3. The van der Waals surface area contributed by atoms with Crippen LogP contribution in [0.1, 0.15) is 26.2 Å². The number of alkyl halides is 3. The molecule has 0 N–H and O–H groups in total. The molecule has 0 aromatic carbocycles. The predicted octanol–water partition coefficient (Wildman–Crippen LogP) is 3.19. The molecule has 1 unspecified atom stereocenters. The average Bonchev–Trinajstić information content (AvgIpc) is 1.80. The van der Waals surface area contributed by atoms with Crippen LogP contribution in [0.25, 0.3) is 0 Å². The summed E-state index contributed by atoms with van der Waals surface area (Å²) in [5.41, 5.74) is 0. The molecule has 3 heteroatoms. The Morgan fingerprint density at radius 2 is 1.90 bits per heavy atom. The van der Waals surface area contributed by atoms with Gasteiger partial charge in [0.1, 0.15) is 0 Å². The lowest BCUT2D eigenvalue weighted by Crippen LogP contribution is -2.21. The van der Waals surface area contributed by atoms with Crippen molar-refractivity contribution in [2.75, 3.05) is 0 Å². The first-order chi connectivity index (χ1) is 4.52. The van der Waals surface area contributed by atoms with Crippen molar-refractivity contribution in [2.24, 2.45) is 5.92 Å². The Morgan fingerprint density at radius 1 is 1.40 bits per heavy atom. The van der Waals surface area contributed by atoms with Crippen molar-refractivity contribution in [1.82, 2.24) is 0 Å². The Balaban J connectivity index is 3.81. The maximum absolute atomic E-state index is 11.9. The Bertz CT molecular complexity index is 85.3. The van der Waals surface area contributed by atoms with Gasteiger partial charge in [-0.25, -0.2) is 0 Å². The van der Waals surface area contributed by atoms with Crippen molar-refractivity contribution < 1.29 is 13.2 Å². The zero-order valence-electron chi connectivity index (χ0n) is 6.04. The second-order valence-corrected chi connectivity index (χ2v) is 2.29. The second kappa shape index (κ2) is 3.84. The Kier molecular flexibility index (Phi) is 3.76. The fraction of sp³-hybridized carbons (Fsp3) is 0.857. The van der Waals surface area contributed by atoms with Gasteiger partial charge in [0.15, 0.2) is 0 Å². The molecular weight excluding hydrogens is 141 g/mol. The monoisotopic (exact) mass is 153 g/mol. The lowest BCUT2D eigenvalue weighted by molar-refractivity contribution is -0.176. The van der Waals surface area contributed by atoms with E-state index in [1.165, 1.54) is 0 Å². The molecule has 0 aromatic heterocycles. The van der Waals surface area contributed by atoms with Crippen LogP contribution in [0.5, 0.6) is 0 Å². The molecule has 0 spiro atoms. The molecule has 0 amide bonds. The normalized spacial score (nSPS) is 15.3. The van der Waals surface area contributed by atoms with Gasteiger partial charge in [0.25, 0.3) is 0 Å². The first-order valence-electron chi connectivity index (χ1n) is 3.38. The molecule has 0 rings (SSSR count). The van der Waals surface area contributed by atoms with Gasteiger partial charge in [-0.15, -0.1) is 0 Å². The van der Waals surface area contributed by atoms with Gasteiger partial charge >= 0.3 is 6.18 Å². The largest absolute Gasteiger partial charge is 0.391 e. The standard InChI is InChI=1S/C7H12F3/c1-3-5-6(4-2)7(8,9)10/h6H,1,3-5H2,2H3. The van der Waals surface area contributed by atoms with E-state index in [1.807, 2.05) is 0 Å². The van der Waals surface area contributed by atoms with Gasteiger partial charge in [-0.3, -0.25) is 0 Å². The van der Waals surface area contributed by atoms with Crippen molar-refractivity contribution in [3.8, 4) is 0 Å². The van der Waals surface area contributed by atoms with E-state index >= 15 is 0 Å². The van der Waals surface area contributed by atoms with Crippen molar-refractivity contribution in [3.05, 3.63) is 6.92 Å². The molecule has 0 nitrogen and oxygen atoms in total. The summed E-state index contributed by atoms with van der Waals surface area (Å²) < 4.78 is 35.6. The molecule has 1 radical (unpaired) electrons. The van der Waals surface area contributed by atoms with Gasteiger partial charge in [-0.1, -0.05) is 20.3 Å². The molecule has 0 saturated heterocycles. The van der Waals surface area contributed by atoms with Gasteiger partial charge in [-0.2, -0.15) is 13.2 Å². The fourth-order valence-electron chi connectivity index (χ4n) is 0.846. The highest BCUT2D eigenvalue weighted by Crippen LogP contribution is 2.31. The molecule has 0 aromatic rings. The van der Waals surface area contributed by atoms with E-state index < -0.39 is 12.1 Å². The average molecular weight is 153 g/mol. The van der Waals surface area contributed by atoms with E-state index in [9.17, 15) is 13.2 Å². The topological polar surface area (TPSA) is 0 Å². The summed E-state index contributed by atoms with van der Waals surface area (Å²) >= 11 is 0. The van der Waals surface area contributed by atoms with Gasteiger partial charge in [0.2, 0.25) is 0 Å². The molecule has 10 heavy (non-hydrogen) atoms. The van der Waals surface area contributed by atoms with Crippen LogP contribution in [-0.4, -0.2) is 6.18 Å². The third-order valence-corrected chi connectivity index (χ3v) is 1.51. The van der Waals surface area contributed by atoms with Gasteiger partial charge < -0.3 is 0 Å². The maximum atomic E-state index is 11.9. The first-order valence-corrected chi connectivity index (χ1v) is 3.38. The predicted molar refractivity (Wildman–Crippen MR) is 34.4 cm³/mol. The number of hydrogen-bond donors (Lipinski definition) is 0. The summed E-state index contributed by atoms with van der Waals surface area (Å²) in [5.74, 6) is -1.15. The SMILES string of the molecule is [CH2]CCC(CC)C(F)(F)F. The highest BCUT2D eigenvalue weighted by Gasteiger charge is 2.36. The van der Waals surface area contributed by atoms with E-state index in [2.05, 4.69) is 6.92 Å². The van der Waals surface area contributed by atoms with Crippen LogP contribution in [0.3, 0.4) is 0 Å². The van der Waals surface area contributed by atoms with Crippen molar-refractivity contribution in [3.63, 3.8) is 0 Å². The summed E-state index contributed by atoms with van der Waals surface area (Å²) in [4.78, 5) is 0. The third kappa shape index (κ3) is 3.08. The number of rotatable bonds is 3. The van der Waals surface area contributed by atoms with E-state index in [0.29, 0.717) is 6.42 Å². The zero-order chi connectivity index (χ0) is 8.20. The molecule has 1 atom stereocenters. The lowest BCUT2D eigenvalue weighted by atomic mass is 10.0. The van der Waals surface area contributed by atoms with Crippen LogP contribution in [0.15, 0.2) is 0 Å². The fourth-order valence-corrected chi connectivity index (χ4v) is 0.846. The molecule has 61 valence electrons. The van der Waals surface area contributed by atoms with Crippen LogP contribution in [0.2, 0.25) is 0 Å². The Labute approximate surface area is 59.4 Å². The lowest BCUT2D eigenvalue weighted by Gasteiger charge is -2.16. The second-order valence-electron chi connectivity index (χ2n) is 2.29. The highest BCUT2D eigenvalue weighted by molar-refractivity contribution is 4.65. The summed E-state index contributed by atoms with van der Waals surface area (Å²) in [6.07, 6.45) is -3.34. The van der Waals surface area contributed by atoms with Crippen LogP contribution in [0.4, 0.5) is 13.2 Å². The smallest absolute Gasteiger partial charge is 0.171 e. The van der Waals surface area contributed by atoms with Gasteiger partial charge in [0, 0.05) is 0 Å². The molecule has 0 fully saturated rings. The summed E-state index contributed by atoms with van der Waals surface area (Å²) in [5, 5.41) is 0. The summed E-state index contributed by atoms with van der Waals surface area (Å²) in [7, 11) is 0. The Morgan fingerprint density at radius 3 is 2.00 bits per heavy atom. The maximum Gasteiger partial charge on any atom is 0.391 e. The van der Waals surface area contributed by atoms with Gasteiger partial charge in [0.05, 0.1) is 5.92 Å². The number of halogens is 3. The van der Waals surface area contributed by atoms with Crippen LogP contribution < -0.4 is 0 Å². The van der Waals surface area contributed by atoms with Crippen molar-refractivity contribution in [1.29, 1.82) is 0 Å². The van der Waals surface area contributed by atoms with Crippen LogP contribution in [0, 0.1) is 12.8 Å². The van der Waals surface area contributed by atoms with Crippen molar-refractivity contribution in [2.45, 2.75) is 32.4 Å². The Hall–Kier alpha value is -0.210. The molecule has 0 saturated carbocycles. The van der Waals surface area contributed by atoms with E-state index in [1.54, 1.807) is 6.92 Å². The van der Waals surface area contributed by atoms with E-state index in [-0.39, 0.29) is 12.8 Å². The zero-order valence-corrected chi connectivity index (χ0v) is 6.04. The van der Waals surface area contributed by atoms with E-state index in [4.69, 9.17) is 0 Å². The quantitative estimate of drug-likeness (QED) is 0.584. The molecule has 0 heterocycles. The summed E-state index contributed by atoms with van der Waals surface area (Å²) in [6.45, 7) is 4.94. The minimum atomic E-state index is -4.02. The summed E-state index contributed by atoms with van der Waals surface area (Å²) in [6, 6.07) is 0. The van der Waals surface area contributed by atoms with Crippen molar-refractivity contribution >= 4 is 0 Å². The first kappa shape index (κ1) is 9.79. The van der Waals surface area contributed by atoms with Gasteiger partial charge in [-0.05, 0) is 12.8 Å². The molecule has 0 aliphatic carbocycles. The van der Waals surface area contributed by atoms with Crippen LogP contribution in [-0.2, 0) is 0 Å². The molecule has 0 aliphatic heterocycles. The van der Waals surface area contributed by atoms with E-state index in [0.717, 1.165) is 0 Å². The molecule has 0 bridgehead atoms. The number of hydrogen-bond acceptors (Lipinski definition) is 0. The molecule has 0 aliphatic rings. The third-order valence-electron chi connectivity index (χ3n) is 1.51. The highest BCUT2D eigenvalue weighted by atomic mass is 19.4.